The lowest BCUT2D eigenvalue weighted by Gasteiger charge is -2.10. The van der Waals surface area contributed by atoms with Crippen LogP contribution in [0, 0.1) is 0 Å². The number of benzene rings is 2. The van der Waals surface area contributed by atoms with Crippen LogP contribution in [-0.2, 0) is 20.4 Å². The van der Waals surface area contributed by atoms with E-state index in [2.05, 4.69) is 5.32 Å². The fraction of sp³-hybridized carbons (Fsp3) is 0.316. The lowest BCUT2D eigenvalue weighted by Crippen LogP contribution is -2.32. The molecule has 0 aliphatic heterocycles. The number of nitrogens with one attached hydrogen (secondary N) is 1. The molecule has 1 amide bonds. The van der Waals surface area contributed by atoms with Crippen molar-refractivity contribution in [2.45, 2.75) is 5.75 Å². The summed E-state index contributed by atoms with van der Waals surface area (Å²) in [6.07, 6.45) is 0. The van der Waals surface area contributed by atoms with Gasteiger partial charge in [0.25, 0.3) is 0 Å². The average Bonchev–Trinajstić information content (AvgIpc) is 2.65. The van der Waals surface area contributed by atoms with Crippen LogP contribution in [0.3, 0.4) is 0 Å². The van der Waals surface area contributed by atoms with Crippen molar-refractivity contribution in [1.29, 1.82) is 0 Å². The third-order valence-corrected chi connectivity index (χ3v) is 5.32. The Morgan fingerprint density at radius 2 is 1.63 bits per heavy atom. The summed E-state index contributed by atoms with van der Waals surface area (Å²) >= 11 is 0. The Morgan fingerprint density at radius 1 is 1.00 bits per heavy atom. The molecule has 0 saturated carbocycles. The molecule has 2 aromatic carbocycles. The second-order valence-corrected chi connectivity index (χ2v) is 7.94. The van der Waals surface area contributed by atoms with E-state index in [0.717, 1.165) is 11.1 Å². The maximum Gasteiger partial charge on any atom is 0.235 e. The molecule has 2 N–H and O–H groups in total. The van der Waals surface area contributed by atoms with Crippen LogP contribution < -0.4 is 14.8 Å². The van der Waals surface area contributed by atoms with Crippen LogP contribution in [0.4, 0.5) is 0 Å². The second-order valence-electron chi connectivity index (χ2n) is 5.87. The van der Waals surface area contributed by atoms with Gasteiger partial charge in [-0.05, 0) is 28.8 Å². The summed E-state index contributed by atoms with van der Waals surface area (Å²) in [6, 6.07) is 12.6. The predicted molar refractivity (Wildman–Crippen MR) is 103 cm³/mol. The maximum absolute atomic E-state index is 12.1. The highest BCUT2D eigenvalue weighted by Crippen LogP contribution is 2.32. The van der Waals surface area contributed by atoms with Crippen LogP contribution in [0.5, 0.6) is 11.5 Å². The van der Waals surface area contributed by atoms with Crippen molar-refractivity contribution in [2.24, 2.45) is 0 Å². The van der Waals surface area contributed by atoms with Crippen molar-refractivity contribution < 1.29 is 27.8 Å². The summed E-state index contributed by atoms with van der Waals surface area (Å²) < 4.78 is 34.8. The molecule has 146 valence electrons. The highest BCUT2D eigenvalue weighted by Gasteiger charge is 2.17. The molecule has 8 heteroatoms. The zero-order valence-electron chi connectivity index (χ0n) is 15.3. The number of sulfone groups is 1. The molecule has 2 rings (SSSR count). The third kappa shape index (κ3) is 5.97. The smallest absolute Gasteiger partial charge is 0.235 e. The van der Waals surface area contributed by atoms with Crippen LogP contribution >= 0.6 is 0 Å². The first kappa shape index (κ1) is 20.7. The fourth-order valence-electron chi connectivity index (χ4n) is 2.56. The Kier molecular flexibility index (Phi) is 7.20. The van der Waals surface area contributed by atoms with Gasteiger partial charge in [0, 0.05) is 6.54 Å². The molecule has 0 aliphatic carbocycles. The van der Waals surface area contributed by atoms with E-state index in [9.17, 15) is 13.2 Å². The van der Waals surface area contributed by atoms with Gasteiger partial charge in [0.05, 0.1) is 26.6 Å². The van der Waals surface area contributed by atoms with Crippen LogP contribution in [0.25, 0.3) is 11.1 Å². The summed E-state index contributed by atoms with van der Waals surface area (Å²) in [4.78, 5) is 11.5. The topological polar surface area (TPSA) is 102 Å². The SMILES string of the molecule is COc1ccc(-c2ccc(CS(=O)(=O)CC(=O)NCCO)cc2)cc1OC. The maximum atomic E-state index is 12.1. The summed E-state index contributed by atoms with van der Waals surface area (Å²) in [6.45, 7) is -0.197. The van der Waals surface area contributed by atoms with Gasteiger partial charge in [0.2, 0.25) is 5.91 Å². The number of carbonyl (C=O) groups excluding carboxylic acids is 1. The molecular weight excluding hydrogens is 370 g/mol. The molecule has 0 heterocycles. The molecule has 7 nitrogen and oxygen atoms in total. The molecule has 0 spiro atoms. The average molecular weight is 393 g/mol. The Labute approximate surface area is 158 Å². The monoisotopic (exact) mass is 393 g/mol. The molecular formula is C19H23NO6S. The van der Waals surface area contributed by atoms with E-state index >= 15 is 0 Å². The van der Waals surface area contributed by atoms with Crippen molar-refractivity contribution in [1.82, 2.24) is 5.32 Å². The van der Waals surface area contributed by atoms with E-state index in [1.54, 1.807) is 32.4 Å². The second kappa shape index (κ2) is 9.38. The zero-order chi connectivity index (χ0) is 19.9. The van der Waals surface area contributed by atoms with Crippen molar-refractivity contribution in [3.8, 4) is 22.6 Å². The summed E-state index contributed by atoms with van der Waals surface area (Å²) in [5.41, 5.74) is 2.40. The number of carbonyl (C=O) groups is 1. The quantitative estimate of drug-likeness (QED) is 0.668. The molecule has 0 unspecified atom stereocenters. The minimum atomic E-state index is -3.59. The first-order valence-electron chi connectivity index (χ1n) is 8.28. The highest BCUT2D eigenvalue weighted by atomic mass is 32.2. The summed E-state index contributed by atoms with van der Waals surface area (Å²) in [5.74, 6) is -0.221. The standard InChI is InChI=1S/C19H23NO6S/c1-25-17-8-7-16(11-18(17)26-2)15-5-3-14(4-6-15)12-27(23,24)13-19(22)20-9-10-21/h3-8,11,21H,9-10,12-13H2,1-2H3,(H,20,22). The van der Waals surface area contributed by atoms with Gasteiger partial charge >= 0.3 is 0 Å². The number of rotatable bonds is 9. The van der Waals surface area contributed by atoms with E-state index in [-0.39, 0.29) is 18.9 Å². The molecule has 0 bridgehead atoms. The number of ether oxygens (including phenoxy) is 2. The van der Waals surface area contributed by atoms with Gasteiger partial charge in [0.15, 0.2) is 21.3 Å². The Morgan fingerprint density at radius 3 is 2.22 bits per heavy atom. The van der Waals surface area contributed by atoms with Crippen molar-refractivity contribution in [2.75, 3.05) is 33.1 Å². The molecule has 0 fully saturated rings. The molecule has 0 aliphatic rings. The fourth-order valence-corrected chi connectivity index (χ4v) is 3.86. The van der Waals surface area contributed by atoms with Gasteiger partial charge in [-0.15, -0.1) is 0 Å². The Balaban J connectivity index is 2.10. The largest absolute Gasteiger partial charge is 0.493 e. The van der Waals surface area contributed by atoms with E-state index in [0.29, 0.717) is 17.1 Å². The molecule has 27 heavy (non-hydrogen) atoms. The van der Waals surface area contributed by atoms with Crippen LogP contribution in [-0.4, -0.2) is 52.6 Å². The van der Waals surface area contributed by atoms with E-state index in [1.165, 1.54) is 0 Å². The summed E-state index contributed by atoms with van der Waals surface area (Å²) in [7, 11) is -0.464. The zero-order valence-corrected chi connectivity index (χ0v) is 16.1. The number of aliphatic hydroxyl groups excluding tert-OH is 1. The molecule has 2 aromatic rings. The molecule has 0 saturated heterocycles. The van der Waals surface area contributed by atoms with Gasteiger partial charge in [-0.3, -0.25) is 4.79 Å². The minimum Gasteiger partial charge on any atom is -0.493 e. The minimum absolute atomic E-state index is 0.0361. The van der Waals surface area contributed by atoms with Crippen molar-refractivity contribution >= 4 is 15.7 Å². The number of amides is 1. The Hall–Kier alpha value is -2.58. The van der Waals surface area contributed by atoms with E-state index in [4.69, 9.17) is 14.6 Å². The van der Waals surface area contributed by atoms with Gasteiger partial charge < -0.3 is 19.9 Å². The number of aliphatic hydroxyl groups is 1. The van der Waals surface area contributed by atoms with Crippen LogP contribution in [0.2, 0.25) is 0 Å². The van der Waals surface area contributed by atoms with Gasteiger partial charge in [-0.1, -0.05) is 30.3 Å². The lowest BCUT2D eigenvalue weighted by molar-refractivity contribution is -0.118. The lowest BCUT2D eigenvalue weighted by atomic mass is 10.0. The van der Waals surface area contributed by atoms with Crippen LogP contribution in [0.1, 0.15) is 5.56 Å². The Bertz CT molecular complexity index is 878. The third-order valence-electron chi connectivity index (χ3n) is 3.84. The van der Waals surface area contributed by atoms with Gasteiger partial charge in [-0.25, -0.2) is 8.42 Å². The van der Waals surface area contributed by atoms with Crippen molar-refractivity contribution in [3.63, 3.8) is 0 Å². The number of hydrogen-bond donors (Lipinski definition) is 2. The van der Waals surface area contributed by atoms with Gasteiger partial charge in [-0.2, -0.15) is 0 Å². The highest BCUT2D eigenvalue weighted by molar-refractivity contribution is 7.91. The number of methoxy groups -OCH3 is 2. The van der Waals surface area contributed by atoms with Crippen molar-refractivity contribution in [3.05, 3.63) is 48.0 Å². The van der Waals surface area contributed by atoms with Crippen LogP contribution in [0.15, 0.2) is 42.5 Å². The first-order valence-corrected chi connectivity index (χ1v) is 10.1. The predicted octanol–water partition coefficient (Wildman–Crippen LogP) is 1.39. The molecule has 0 radical (unpaired) electrons. The normalized spacial score (nSPS) is 11.1. The van der Waals surface area contributed by atoms with E-state index < -0.39 is 21.5 Å². The van der Waals surface area contributed by atoms with E-state index in [1.807, 2.05) is 24.3 Å². The first-order chi connectivity index (χ1) is 12.9. The number of hydrogen-bond acceptors (Lipinski definition) is 6. The summed E-state index contributed by atoms with van der Waals surface area (Å²) in [5, 5.41) is 11.0. The molecule has 0 atom stereocenters. The molecule has 0 aromatic heterocycles. The van der Waals surface area contributed by atoms with Gasteiger partial charge in [0.1, 0.15) is 5.75 Å².